The zero-order chi connectivity index (χ0) is 11.1. The lowest BCUT2D eigenvalue weighted by molar-refractivity contribution is 0.295. The second-order valence-electron chi connectivity index (χ2n) is 5.80. The van der Waals surface area contributed by atoms with Gasteiger partial charge in [0.2, 0.25) is 0 Å². The molecule has 1 aliphatic carbocycles. The molecule has 1 fully saturated rings. The summed E-state index contributed by atoms with van der Waals surface area (Å²) in [7, 11) is 0. The fraction of sp³-hybridized carbons (Fsp3) is 1.00. The van der Waals surface area contributed by atoms with E-state index in [0.29, 0.717) is 11.5 Å². The fourth-order valence-electron chi connectivity index (χ4n) is 2.63. The van der Waals surface area contributed by atoms with Crippen LogP contribution in [0, 0.1) is 5.41 Å². The Labute approximate surface area is 96.0 Å². The van der Waals surface area contributed by atoms with Gasteiger partial charge in [-0.05, 0) is 31.6 Å². The standard InChI is InChI=1S/C14H29N/c1-4-5-6-9-13(2)15-12-14(3)10-7-8-11-14/h13,15H,4-12H2,1-3H3. The molecule has 0 aromatic heterocycles. The molecule has 0 heterocycles. The van der Waals surface area contributed by atoms with Crippen molar-refractivity contribution in [2.45, 2.75) is 78.2 Å². The molecule has 0 aliphatic heterocycles. The summed E-state index contributed by atoms with van der Waals surface area (Å²) in [4.78, 5) is 0. The first-order valence-electron chi connectivity index (χ1n) is 6.90. The quantitative estimate of drug-likeness (QED) is 0.624. The van der Waals surface area contributed by atoms with Crippen molar-refractivity contribution < 1.29 is 0 Å². The van der Waals surface area contributed by atoms with Crippen molar-refractivity contribution in [3.05, 3.63) is 0 Å². The minimum atomic E-state index is 0.610. The van der Waals surface area contributed by atoms with Crippen molar-refractivity contribution in [2.24, 2.45) is 5.41 Å². The molecule has 0 amide bonds. The molecule has 1 atom stereocenters. The van der Waals surface area contributed by atoms with Crippen LogP contribution in [0.15, 0.2) is 0 Å². The molecule has 1 saturated carbocycles. The first kappa shape index (κ1) is 13.0. The summed E-state index contributed by atoms with van der Waals surface area (Å²) >= 11 is 0. The topological polar surface area (TPSA) is 12.0 Å². The predicted octanol–water partition coefficient (Wildman–Crippen LogP) is 4.13. The molecule has 0 radical (unpaired) electrons. The van der Waals surface area contributed by atoms with Gasteiger partial charge in [-0.1, -0.05) is 46.0 Å². The molecule has 1 heteroatoms. The van der Waals surface area contributed by atoms with Crippen LogP contribution < -0.4 is 5.32 Å². The Kier molecular flexibility index (Phi) is 5.66. The molecule has 90 valence electrons. The second-order valence-corrected chi connectivity index (χ2v) is 5.80. The summed E-state index contributed by atoms with van der Waals surface area (Å²) < 4.78 is 0. The zero-order valence-corrected chi connectivity index (χ0v) is 10.9. The van der Waals surface area contributed by atoms with Crippen LogP contribution in [-0.2, 0) is 0 Å². The van der Waals surface area contributed by atoms with E-state index < -0.39 is 0 Å². The van der Waals surface area contributed by atoms with Crippen LogP contribution in [0.5, 0.6) is 0 Å². The largest absolute Gasteiger partial charge is 0.314 e. The van der Waals surface area contributed by atoms with Gasteiger partial charge in [-0.2, -0.15) is 0 Å². The van der Waals surface area contributed by atoms with Gasteiger partial charge in [0.1, 0.15) is 0 Å². The molecule has 0 bridgehead atoms. The van der Waals surface area contributed by atoms with E-state index in [4.69, 9.17) is 0 Å². The van der Waals surface area contributed by atoms with E-state index >= 15 is 0 Å². The van der Waals surface area contributed by atoms with Gasteiger partial charge in [-0.15, -0.1) is 0 Å². The Balaban J connectivity index is 2.07. The van der Waals surface area contributed by atoms with E-state index in [0.717, 1.165) is 0 Å². The lowest BCUT2D eigenvalue weighted by Gasteiger charge is -2.26. The van der Waals surface area contributed by atoms with Gasteiger partial charge in [-0.25, -0.2) is 0 Å². The third-order valence-corrected chi connectivity index (χ3v) is 3.93. The Morgan fingerprint density at radius 1 is 1.20 bits per heavy atom. The van der Waals surface area contributed by atoms with Gasteiger partial charge in [-0.3, -0.25) is 0 Å². The van der Waals surface area contributed by atoms with Gasteiger partial charge in [0.05, 0.1) is 0 Å². The third-order valence-electron chi connectivity index (χ3n) is 3.93. The summed E-state index contributed by atoms with van der Waals surface area (Å²) in [5.74, 6) is 0. The van der Waals surface area contributed by atoms with Crippen LogP contribution >= 0.6 is 0 Å². The zero-order valence-electron chi connectivity index (χ0n) is 10.9. The molecular formula is C14H29N. The molecule has 0 spiro atoms. The minimum absolute atomic E-state index is 0.610. The number of hydrogen-bond acceptors (Lipinski definition) is 1. The van der Waals surface area contributed by atoms with Crippen LogP contribution in [0.1, 0.15) is 72.1 Å². The smallest absolute Gasteiger partial charge is 0.00389 e. The number of unbranched alkanes of at least 4 members (excludes halogenated alkanes) is 2. The highest BCUT2D eigenvalue weighted by Gasteiger charge is 2.28. The lowest BCUT2D eigenvalue weighted by Crippen LogP contribution is -2.35. The first-order valence-corrected chi connectivity index (χ1v) is 6.90. The van der Waals surface area contributed by atoms with E-state index in [2.05, 4.69) is 26.1 Å². The van der Waals surface area contributed by atoms with Gasteiger partial charge < -0.3 is 5.32 Å². The Morgan fingerprint density at radius 2 is 1.87 bits per heavy atom. The maximum absolute atomic E-state index is 3.72. The van der Waals surface area contributed by atoms with Crippen LogP contribution in [0.2, 0.25) is 0 Å². The SMILES string of the molecule is CCCCCC(C)NCC1(C)CCCC1. The predicted molar refractivity (Wildman–Crippen MR) is 68.2 cm³/mol. The maximum atomic E-state index is 3.72. The molecule has 1 unspecified atom stereocenters. The van der Waals surface area contributed by atoms with Crippen molar-refractivity contribution in [3.8, 4) is 0 Å². The average molecular weight is 211 g/mol. The lowest BCUT2D eigenvalue weighted by atomic mass is 9.88. The summed E-state index contributed by atoms with van der Waals surface area (Å²) in [5.41, 5.74) is 0.610. The van der Waals surface area contributed by atoms with Crippen molar-refractivity contribution in [2.75, 3.05) is 6.54 Å². The van der Waals surface area contributed by atoms with Crippen molar-refractivity contribution in [3.63, 3.8) is 0 Å². The normalized spacial score (nSPS) is 21.8. The van der Waals surface area contributed by atoms with Crippen LogP contribution in [0.25, 0.3) is 0 Å². The van der Waals surface area contributed by atoms with Crippen molar-refractivity contribution in [1.29, 1.82) is 0 Å². The molecule has 0 saturated heterocycles. The summed E-state index contributed by atoms with van der Waals surface area (Å²) in [5, 5.41) is 3.72. The number of nitrogens with one attached hydrogen (secondary N) is 1. The Bertz CT molecular complexity index is 159. The molecular weight excluding hydrogens is 182 g/mol. The molecule has 15 heavy (non-hydrogen) atoms. The van der Waals surface area contributed by atoms with Crippen LogP contribution in [0.4, 0.5) is 0 Å². The minimum Gasteiger partial charge on any atom is -0.314 e. The third kappa shape index (κ3) is 5.01. The highest BCUT2D eigenvalue weighted by molar-refractivity contribution is 4.83. The van der Waals surface area contributed by atoms with E-state index in [1.807, 2.05) is 0 Å². The van der Waals surface area contributed by atoms with E-state index in [1.54, 1.807) is 0 Å². The molecule has 1 aliphatic rings. The maximum Gasteiger partial charge on any atom is 0.00389 e. The van der Waals surface area contributed by atoms with Crippen molar-refractivity contribution >= 4 is 0 Å². The summed E-state index contributed by atoms with van der Waals surface area (Å²) in [6.07, 6.45) is 11.2. The Hall–Kier alpha value is -0.0400. The van der Waals surface area contributed by atoms with E-state index in [9.17, 15) is 0 Å². The van der Waals surface area contributed by atoms with Gasteiger partial charge >= 0.3 is 0 Å². The summed E-state index contributed by atoms with van der Waals surface area (Å²) in [6.45, 7) is 8.30. The van der Waals surface area contributed by atoms with Gasteiger partial charge in [0.25, 0.3) is 0 Å². The molecule has 0 aromatic carbocycles. The van der Waals surface area contributed by atoms with Crippen molar-refractivity contribution in [1.82, 2.24) is 5.32 Å². The van der Waals surface area contributed by atoms with E-state index in [-0.39, 0.29) is 0 Å². The second kappa shape index (κ2) is 6.52. The fourth-order valence-corrected chi connectivity index (χ4v) is 2.63. The highest BCUT2D eigenvalue weighted by atomic mass is 14.9. The molecule has 1 rings (SSSR count). The average Bonchev–Trinajstić information content (AvgIpc) is 2.64. The molecule has 0 aromatic rings. The number of hydrogen-bond donors (Lipinski definition) is 1. The number of rotatable bonds is 7. The highest BCUT2D eigenvalue weighted by Crippen LogP contribution is 2.36. The van der Waals surface area contributed by atoms with E-state index in [1.165, 1.54) is 57.9 Å². The molecule has 1 N–H and O–H groups in total. The van der Waals surface area contributed by atoms with Crippen LogP contribution in [0.3, 0.4) is 0 Å². The Morgan fingerprint density at radius 3 is 2.47 bits per heavy atom. The van der Waals surface area contributed by atoms with Crippen LogP contribution in [-0.4, -0.2) is 12.6 Å². The van der Waals surface area contributed by atoms with Gasteiger partial charge in [0.15, 0.2) is 0 Å². The van der Waals surface area contributed by atoms with Gasteiger partial charge in [0, 0.05) is 12.6 Å². The monoisotopic (exact) mass is 211 g/mol. The molecule has 1 nitrogen and oxygen atoms in total. The summed E-state index contributed by atoms with van der Waals surface area (Å²) in [6, 6.07) is 0.717. The first-order chi connectivity index (χ1) is 7.16.